The summed E-state index contributed by atoms with van der Waals surface area (Å²) in [5, 5.41) is 1.90. The Hall–Kier alpha value is -3.57. The van der Waals surface area contributed by atoms with Crippen molar-refractivity contribution in [1.29, 1.82) is 0 Å². The Labute approximate surface area is 278 Å². The molecule has 0 spiro atoms. The average Bonchev–Trinajstić information content (AvgIpc) is 3.80. The first-order chi connectivity index (χ1) is 22.5. The predicted molar refractivity (Wildman–Crippen MR) is 178 cm³/mol. The lowest BCUT2D eigenvalue weighted by molar-refractivity contribution is -0.145. The Kier molecular flexibility index (Phi) is 8.49. The van der Waals surface area contributed by atoms with E-state index in [2.05, 4.69) is 4.72 Å². The zero-order valence-electron chi connectivity index (χ0n) is 25.6. The van der Waals surface area contributed by atoms with Crippen LogP contribution in [0.25, 0.3) is 21.9 Å². The summed E-state index contributed by atoms with van der Waals surface area (Å²) < 4.78 is 69.0. The first-order valence-electron chi connectivity index (χ1n) is 16.0. The lowest BCUT2D eigenvalue weighted by Gasteiger charge is -2.33. The lowest BCUT2D eigenvalue weighted by atomic mass is 9.96. The second-order valence-corrected chi connectivity index (χ2v) is 15.1. The molecule has 7 rings (SSSR count). The Morgan fingerprint density at radius 2 is 1.53 bits per heavy atom. The van der Waals surface area contributed by atoms with E-state index in [1.807, 2.05) is 6.07 Å². The van der Waals surface area contributed by atoms with Crippen LogP contribution in [-0.4, -0.2) is 49.5 Å². The topological polar surface area (TPSA) is 102 Å². The average molecular weight is 680 g/mol. The molecule has 1 amide bonds. The Balaban J connectivity index is 1.20. The molecule has 1 saturated carbocycles. The van der Waals surface area contributed by atoms with E-state index in [0.29, 0.717) is 41.0 Å². The van der Waals surface area contributed by atoms with Crippen molar-refractivity contribution in [3.63, 3.8) is 0 Å². The molecular weight excluding hydrogens is 644 g/mol. The highest BCUT2D eigenvalue weighted by Gasteiger charge is 2.55. The van der Waals surface area contributed by atoms with Gasteiger partial charge in [0.2, 0.25) is 15.9 Å². The molecule has 3 fully saturated rings. The van der Waals surface area contributed by atoms with Crippen LogP contribution in [0.15, 0.2) is 89.8 Å². The van der Waals surface area contributed by atoms with E-state index in [-0.39, 0.29) is 23.1 Å². The molecule has 0 radical (unpaired) electrons. The van der Waals surface area contributed by atoms with E-state index in [4.69, 9.17) is 22.1 Å². The van der Waals surface area contributed by atoms with Crippen molar-refractivity contribution in [2.75, 3.05) is 0 Å². The number of carbonyl (C=O) groups is 1. The molecule has 246 valence electrons. The minimum absolute atomic E-state index is 0.168. The number of hydrogen-bond donors (Lipinski definition) is 2. The predicted octanol–water partition coefficient (Wildman–Crippen LogP) is 7.01. The quantitative estimate of drug-likeness (QED) is 0.198. The number of rotatable bonds is 9. The molecule has 3 N–H and O–H groups in total. The van der Waals surface area contributed by atoms with Gasteiger partial charge >= 0.3 is 0 Å². The first kappa shape index (κ1) is 32.0. The minimum Gasteiger partial charge on any atom is -0.490 e. The summed E-state index contributed by atoms with van der Waals surface area (Å²) in [5.41, 5.74) is 7.19. The van der Waals surface area contributed by atoms with Gasteiger partial charge in [0.1, 0.15) is 5.75 Å². The van der Waals surface area contributed by atoms with Crippen LogP contribution >= 0.6 is 11.6 Å². The van der Waals surface area contributed by atoms with Crippen LogP contribution in [0.5, 0.6) is 5.75 Å². The third-order valence-corrected chi connectivity index (χ3v) is 11.5. The highest BCUT2D eigenvalue weighted by Crippen LogP contribution is 2.41. The van der Waals surface area contributed by atoms with Crippen molar-refractivity contribution in [3.05, 3.63) is 95.5 Å². The second kappa shape index (κ2) is 12.5. The molecule has 3 unspecified atom stereocenters. The molecule has 3 aliphatic rings. The van der Waals surface area contributed by atoms with Gasteiger partial charge in [-0.1, -0.05) is 60.1 Å². The van der Waals surface area contributed by atoms with Crippen molar-refractivity contribution in [2.45, 2.75) is 86.0 Å². The molecule has 11 heteroatoms. The van der Waals surface area contributed by atoms with E-state index in [0.717, 1.165) is 36.6 Å². The van der Waals surface area contributed by atoms with Crippen molar-refractivity contribution in [2.24, 2.45) is 5.73 Å². The van der Waals surface area contributed by atoms with Gasteiger partial charge in [-0.3, -0.25) is 4.79 Å². The molecule has 2 saturated heterocycles. The highest BCUT2D eigenvalue weighted by atomic mass is 35.5. The van der Waals surface area contributed by atoms with Crippen LogP contribution in [0, 0.1) is 0 Å². The molecule has 2 bridgehead atoms. The standard InChI is InChI=1S/C36H36ClF2N3O4S/c37-27-13-7-23(8-14-27)22-5-11-26(12-6-22)36(38,39)34(35(43)42-28-15-18-33(42)32(40)21-28)41-47(44,45)31-17-10-24-19-30(16-9-25(24)20-31)46-29-3-1-2-4-29/h5-14,16-17,19-20,28-29,32-34,41H,1-4,15,18,21,40H2/t28?,32-,33?,34?/m0/s1. The van der Waals surface area contributed by atoms with E-state index in [1.165, 1.54) is 41.3 Å². The van der Waals surface area contributed by atoms with E-state index in [9.17, 15) is 13.2 Å². The summed E-state index contributed by atoms with van der Waals surface area (Å²) in [6, 6.07) is 18.8. The molecule has 0 aromatic heterocycles. The number of fused-ring (bicyclic) bond motifs is 3. The molecule has 4 aromatic rings. The maximum absolute atomic E-state index is 16.6. The van der Waals surface area contributed by atoms with Crippen LogP contribution < -0.4 is 15.2 Å². The second-order valence-electron chi connectivity index (χ2n) is 12.9. The van der Waals surface area contributed by atoms with Crippen LogP contribution in [0.4, 0.5) is 8.78 Å². The number of nitrogens with zero attached hydrogens (tertiary/aromatic N) is 1. The molecular formula is C36H36ClF2N3O4S. The number of benzene rings is 4. The number of nitrogens with two attached hydrogens (primary N) is 1. The number of halogens is 3. The number of nitrogens with one attached hydrogen (secondary N) is 1. The lowest BCUT2D eigenvalue weighted by Crippen LogP contribution is -2.57. The largest absolute Gasteiger partial charge is 0.490 e. The van der Waals surface area contributed by atoms with E-state index >= 15 is 8.78 Å². The fourth-order valence-corrected chi connectivity index (χ4v) is 8.72. The Morgan fingerprint density at radius 3 is 2.17 bits per heavy atom. The number of carbonyl (C=O) groups excluding carboxylic acids is 1. The number of ether oxygens (including phenoxy) is 1. The minimum atomic E-state index is -4.58. The van der Waals surface area contributed by atoms with E-state index < -0.39 is 39.5 Å². The molecule has 47 heavy (non-hydrogen) atoms. The van der Waals surface area contributed by atoms with Gasteiger partial charge in [-0.25, -0.2) is 8.42 Å². The summed E-state index contributed by atoms with van der Waals surface area (Å²) >= 11 is 5.99. The van der Waals surface area contributed by atoms with Gasteiger partial charge in [0, 0.05) is 28.7 Å². The van der Waals surface area contributed by atoms with Crippen LogP contribution in [0.1, 0.15) is 50.5 Å². The fourth-order valence-electron chi connectivity index (χ4n) is 7.37. The molecule has 2 heterocycles. The van der Waals surface area contributed by atoms with Gasteiger partial charge in [0.05, 0.1) is 11.0 Å². The summed E-state index contributed by atoms with van der Waals surface area (Å²) in [6.07, 6.45) is 6.17. The van der Waals surface area contributed by atoms with Gasteiger partial charge in [-0.05, 0) is 103 Å². The van der Waals surface area contributed by atoms with Crippen molar-refractivity contribution in [3.8, 4) is 16.9 Å². The SMILES string of the molecule is N[C@H]1CC2CCC1N2C(=O)C(NS(=O)(=O)c1ccc2cc(OC3CCCC3)ccc2c1)C(F)(F)c1ccc(-c2ccc(Cl)cc2)cc1. The highest BCUT2D eigenvalue weighted by molar-refractivity contribution is 7.89. The zero-order chi connectivity index (χ0) is 32.9. The van der Waals surface area contributed by atoms with E-state index in [1.54, 1.807) is 42.5 Å². The van der Waals surface area contributed by atoms with Crippen molar-refractivity contribution in [1.82, 2.24) is 9.62 Å². The first-order valence-corrected chi connectivity index (χ1v) is 17.9. The summed E-state index contributed by atoms with van der Waals surface area (Å²) in [4.78, 5) is 15.2. The normalized spacial score (nSPS) is 22.2. The van der Waals surface area contributed by atoms with Gasteiger partial charge in [0.25, 0.3) is 5.92 Å². The molecule has 2 aliphatic heterocycles. The van der Waals surface area contributed by atoms with Gasteiger partial charge in [-0.15, -0.1) is 0 Å². The molecule has 7 nitrogen and oxygen atoms in total. The number of amides is 1. The molecule has 4 aromatic carbocycles. The number of sulfonamides is 1. The van der Waals surface area contributed by atoms with Crippen molar-refractivity contribution >= 4 is 38.3 Å². The Morgan fingerprint density at radius 1 is 0.894 bits per heavy atom. The summed E-state index contributed by atoms with van der Waals surface area (Å²) in [7, 11) is -4.58. The third kappa shape index (κ3) is 6.24. The summed E-state index contributed by atoms with van der Waals surface area (Å²) in [6.45, 7) is 0. The summed E-state index contributed by atoms with van der Waals surface area (Å²) in [5.74, 6) is -4.17. The maximum Gasteiger partial charge on any atom is 0.298 e. The van der Waals surface area contributed by atoms with Crippen LogP contribution in [0.2, 0.25) is 5.02 Å². The van der Waals surface area contributed by atoms with Gasteiger partial charge in [-0.2, -0.15) is 13.5 Å². The monoisotopic (exact) mass is 679 g/mol. The third-order valence-electron chi connectivity index (χ3n) is 9.87. The van der Waals surface area contributed by atoms with Crippen molar-refractivity contribution < 1.29 is 26.7 Å². The van der Waals surface area contributed by atoms with Gasteiger partial charge in [0.15, 0.2) is 6.04 Å². The van der Waals surface area contributed by atoms with Crippen LogP contribution in [-0.2, 0) is 20.7 Å². The molecule has 4 atom stereocenters. The molecule has 1 aliphatic carbocycles. The van der Waals surface area contributed by atoms with Gasteiger partial charge < -0.3 is 15.4 Å². The Bertz CT molecular complexity index is 1900. The number of alkyl halides is 2. The zero-order valence-corrected chi connectivity index (χ0v) is 27.2. The fraction of sp³-hybridized carbons (Fsp3) is 0.361. The maximum atomic E-state index is 16.6. The smallest absolute Gasteiger partial charge is 0.298 e. The van der Waals surface area contributed by atoms with Crippen LogP contribution in [0.3, 0.4) is 0 Å². The number of hydrogen-bond acceptors (Lipinski definition) is 5.